The fourth-order valence-electron chi connectivity index (χ4n) is 4.28. The van der Waals surface area contributed by atoms with Gasteiger partial charge in [-0.3, -0.25) is 6.08 Å². The van der Waals surface area contributed by atoms with Gasteiger partial charge in [0.1, 0.15) is 0 Å². The van der Waals surface area contributed by atoms with Crippen LogP contribution in [0.2, 0.25) is 0 Å². The van der Waals surface area contributed by atoms with Crippen LogP contribution in [0.1, 0.15) is 12.8 Å². The smallest absolute Gasteiger partial charge is 0.264 e. The first-order valence-corrected chi connectivity index (χ1v) is 14.9. The molecule has 4 aromatic rings. The minimum Gasteiger partial charge on any atom is -0.264 e. The van der Waals surface area contributed by atoms with Gasteiger partial charge >= 0.3 is 17.1 Å². The second kappa shape index (κ2) is 14.2. The van der Waals surface area contributed by atoms with Crippen LogP contribution < -0.4 is 21.2 Å². The van der Waals surface area contributed by atoms with Crippen LogP contribution in [0.4, 0.5) is 0 Å². The van der Waals surface area contributed by atoms with Crippen molar-refractivity contribution in [2.45, 2.75) is 12.8 Å². The number of hydrogen-bond acceptors (Lipinski definition) is 0. The first-order valence-electron chi connectivity index (χ1n) is 12.3. The molecule has 0 amide bonds. The molecule has 0 spiro atoms. The maximum Gasteiger partial charge on any atom is 2.00 e. The van der Waals surface area contributed by atoms with Crippen LogP contribution in [0.5, 0.6) is 0 Å². The molecule has 0 atom stereocenters. The Morgan fingerprint density at radius 2 is 0.946 bits per heavy atom. The van der Waals surface area contributed by atoms with Gasteiger partial charge in [-0.05, 0) is 29.1 Å². The molecule has 0 unspecified atom stereocenters. The summed E-state index contributed by atoms with van der Waals surface area (Å²) in [6.07, 6.45) is 17.6. The van der Waals surface area contributed by atoms with Gasteiger partial charge in [-0.2, -0.15) is 11.4 Å². The van der Waals surface area contributed by atoms with E-state index < -0.39 is 15.8 Å². The number of benzene rings is 4. The third-order valence-corrected chi connectivity index (χ3v) is 10.8. The summed E-state index contributed by atoms with van der Waals surface area (Å²) in [5.41, 5.74) is 0. The van der Waals surface area contributed by atoms with Gasteiger partial charge < -0.3 is 0 Å². The van der Waals surface area contributed by atoms with Crippen LogP contribution in [0.25, 0.3) is 0 Å². The van der Waals surface area contributed by atoms with E-state index in [9.17, 15) is 0 Å². The summed E-state index contributed by atoms with van der Waals surface area (Å²) in [4.78, 5) is 0. The Hall–Kier alpha value is -2.78. The van der Waals surface area contributed by atoms with Crippen molar-refractivity contribution in [2.75, 3.05) is 0 Å². The normalized spacial score (nSPS) is 13.6. The first-order chi connectivity index (χ1) is 17.9. The molecule has 2 aliphatic rings. The number of rotatable bonds is 6. The molecule has 0 N–H and O–H groups in total. The zero-order chi connectivity index (χ0) is 24.4. The molecule has 2 aliphatic carbocycles. The molecule has 0 heterocycles. The molecule has 0 saturated heterocycles. The molecule has 3 heteroatoms. The van der Waals surface area contributed by atoms with Crippen LogP contribution in [0.3, 0.4) is 0 Å². The molecule has 0 aliphatic heterocycles. The molecule has 0 nitrogen and oxygen atoms in total. The molecule has 0 fully saturated rings. The van der Waals surface area contributed by atoms with Crippen molar-refractivity contribution in [3.8, 4) is 0 Å². The van der Waals surface area contributed by atoms with Crippen LogP contribution in [-0.2, 0) is 17.1 Å². The van der Waals surface area contributed by atoms with E-state index in [2.05, 4.69) is 158 Å². The van der Waals surface area contributed by atoms with Crippen LogP contribution in [-0.4, -0.2) is 0 Å². The van der Waals surface area contributed by atoms with Gasteiger partial charge in [0.25, 0.3) is 0 Å². The van der Waals surface area contributed by atoms with Gasteiger partial charge in [0.15, 0.2) is 0 Å². The topological polar surface area (TPSA) is 0 Å². The Labute approximate surface area is 234 Å². The second-order valence-electron chi connectivity index (χ2n) is 8.38. The Kier molecular flexibility index (Phi) is 10.5. The van der Waals surface area contributed by atoms with Crippen molar-refractivity contribution in [1.29, 1.82) is 0 Å². The van der Waals surface area contributed by atoms with Crippen molar-refractivity contribution in [3.05, 3.63) is 168 Å². The van der Waals surface area contributed by atoms with Crippen LogP contribution in [0.15, 0.2) is 156 Å². The van der Waals surface area contributed by atoms with Gasteiger partial charge in [0.05, 0.1) is 0 Å². The van der Waals surface area contributed by atoms with E-state index >= 15 is 0 Å². The first kappa shape index (κ1) is 27.3. The van der Waals surface area contributed by atoms with E-state index in [0.29, 0.717) is 0 Å². The molecule has 6 rings (SSSR count). The zero-order valence-electron chi connectivity index (χ0n) is 20.5. The minimum atomic E-state index is -0.433. The predicted octanol–water partition coefficient (Wildman–Crippen LogP) is 7.53. The van der Waals surface area contributed by atoms with Gasteiger partial charge in [0, 0.05) is 0 Å². The van der Waals surface area contributed by atoms with E-state index in [-0.39, 0.29) is 17.1 Å². The molecular formula is C34H28FeP2. The van der Waals surface area contributed by atoms with Gasteiger partial charge in [-0.1, -0.05) is 136 Å². The van der Waals surface area contributed by atoms with Gasteiger partial charge in [0.2, 0.25) is 0 Å². The van der Waals surface area contributed by atoms with Crippen molar-refractivity contribution in [1.82, 2.24) is 0 Å². The Balaban J connectivity index is 0.000000168. The second-order valence-corrected chi connectivity index (χ2v) is 12.8. The molecule has 0 radical (unpaired) electrons. The quantitative estimate of drug-likeness (QED) is 0.131. The van der Waals surface area contributed by atoms with Crippen molar-refractivity contribution < 1.29 is 17.1 Å². The summed E-state index contributed by atoms with van der Waals surface area (Å²) in [5, 5.41) is 8.38. The predicted molar refractivity (Wildman–Crippen MR) is 159 cm³/mol. The van der Waals surface area contributed by atoms with E-state index in [1.807, 2.05) is 0 Å². The average Bonchev–Trinajstić information content (AvgIpc) is 3.68. The third-order valence-electron chi connectivity index (χ3n) is 5.92. The largest absolute Gasteiger partial charge is 2.00 e. The summed E-state index contributed by atoms with van der Waals surface area (Å²) < 4.78 is 0. The maximum atomic E-state index is 3.49. The van der Waals surface area contributed by atoms with Gasteiger partial charge in [-0.25, -0.2) is 24.3 Å². The summed E-state index contributed by atoms with van der Waals surface area (Å²) >= 11 is 0. The molecule has 182 valence electrons. The van der Waals surface area contributed by atoms with E-state index in [0.717, 1.165) is 12.8 Å². The van der Waals surface area contributed by atoms with E-state index in [1.165, 1.54) is 31.8 Å². The fourth-order valence-corrected chi connectivity index (χ4v) is 8.94. The van der Waals surface area contributed by atoms with Crippen molar-refractivity contribution in [2.24, 2.45) is 0 Å². The SMILES string of the molecule is [C-]1=C(P(c2ccccc2)c2ccccc2)C=CC1.[C-]1=C(P(c2ccccc2)c2ccccc2)CC=C1.[Fe+2]. The summed E-state index contributed by atoms with van der Waals surface area (Å²) in [7, 11) is -0.842. The zero-order valence-corrected chi connectivity index (χ0v) is 23.4. The molecule has 0 aromatic heterocycles. The van der Waals surface area contributed by atoms with E-state index in [1.54, 1.807) is 0 Å². The van der Waals surface area contributed by atoms with E-state index in [4.69, 9.17) is 0 Å². The van der Waals surface area contributed by atoms with Crippen molar-refractivity contribution >= 4 is 37.1 Å². The average molecular weight is 554 g/mol. The third kappa shape index (κ3) is 7.17. The molecule has 0 bridgehead atoms. The number of hydrogen-bond donors (Lipinski definition) is 0. The molecule has 0 saturated carbocycles. The minimum absolute atomic E-state index is 0. The molecular weight excluding hydrogens is 526 g/mol. The monoisotopic (exact) mass is 554 g/mol. The van der Waals surface area contributed by atoms with Crippen molar-refractivity contribution in [3.63, 3.8) is 0 Å². The maximum absolute atomic E-state index is 3.49. The molecule has 4 aromatic carbocycles. The Morgan fingerprint density at radius 3 is 1.30 bits per heavy atom. The van der Waals surface area contributed by atoms with Crippen LogP contribution >= 0.6 is 15.8 Å². The Bertz CT molecular complexity index is 1280. The standard InChI is InChI=1S/2C17H14P.Fe/c2*1-3-9-15(10-4-1)18(17-13-7-8-14-17)16-11-5-2-6-12-16;/h1-7,9-13H,8H2;1-12H,13H2;/q2*-1;+2. The van der Waals surface area contributed by atoms with Crippen LogP contribution in [0, 0.1) is 12.2 Å². The molecule has 37 heavy (non-hydrogen) atoms. The van der Waals surface area contributed by atoms with Gasteiger partial charge in [-0.15, -0.1) is 11.7 Å². The fraction of sp³-hybridized carbons (Fsp3) is 0.0588. The summed E-state index contributed by atoms with van der Waals surface area (Å²) in [5.74, 6) is 0. The number of allylic oxidation sites excluding steroid dienone is 8. The Morgan fingerprint density at radius 1 is 0.514 bits per heavy atom. The summed E-state index contributed by atoms with van der Waals surface area (Å²) in [6, 6.07) is 43.1. The summed E-state index contributed by atoms with van der Waals surface area (Å²) in [6.45, 7) is 0.